The van der Waals surface area contributed by atoms with Crippen LogP contribution in [0.25, 0.3) is 28.1 Å². The number of ether oxygens (including phenoxy) is 1. The molecule has 3 aromatic heterocycles. The lowest BCUT2D eigenvalue weighted by atomic mass is 10.2. The number of carbonyl (C=O) groups excluding carboxylic acids is 1. The Morgan fingerprint density at radius 1 is 1.24 bits per heavy atom. The highest BCUT2D eigenvalue weighted by Gasteiger charge is 2.13. The average Bonchev–Trinajstić information content (AvgIpc) is 3.42. The summed E-state index contributed by atoms with van der Waals surface area (Å²) in [5.74, 6) is 1.49. The molecule has 0 saturated heterocycles. The van der Waals surface area contributed by atoms with Gasteiger partial charge in [-0.3, -0.25) is 14.0 Å². The number of hydrogen-bond acceptors (Lipinski definition) is 5. The van der Waals surface area contributed by atoms with Gasteiger partial charge in [-0.25, -0.2) is 9.97 Å². The van der Waals surface area contributed by atoms with Crippen molar-refractivity contribution >= 4 is 16.8 Å². The smallest absolute Gasteiger partial charge is 0.219 e. The first-order valence-electron chi connectivity index (χ1n) is 9.40. The Hall–Kier alpha value is -3.68. The number of fused-ring (bicyclic) bond motifs is 1. The van der Waals surface area contributed by atoms with E-state index in [0.29, 0.717) is 13.0 Å². The number of rotatable bonds is 7. The third-order valence-corrected chi connectivity index (χ3v) is 4.74. The molecule has 0 radical (unpaired) electrons. The zero-order valence-corrected chi connectivity index (χ0v) is 16.4. The standard InChI is InChI=1S/C21H22N6O2/c1-22-19(28)7-4-11-26-14-16(13-24-26)27-12-10-23-21(27)17-9-8-15-5-3-6-18(29-2)20(15)25-17/h3,5-6,8-10,12-14H,4,7,11H2,1-2H3,(H,22,28). The van der Waals surface area contributed by atoms with Crippen LogP contribution in [0, 0.1) is 0 Å². The minimum Gasteiger partial charge on any atom is -0.494 e. The predicted octanol–water partition coefficient (Wildman–Crippen LogP) is 2.82. The Morgan fingerprint density at radius 3 is 2.97 bits per heavy atom. The second-order valence-corrected chi connectivity index (χ2v) is 6.59. The molecular formula is C21H22N6O2. The summed E-state index contributed by atoms with van der Waals surface area (Å²) in [6, 6.07) is 9.82. The summed E-state index contributed by atoms with van der Waals surface area (Å²) in [7, 11) is 3.29. The summed E-state index contributed by atoms with van der Waals surface area (Å²) >= 11 is 0. The number of aryl methyl sites for hydroxylation is 1. The molecule has 0 aliphatic rings. The summed E-state index contributed by atoms with van der Waals surface area (Å²) in [6.45, 7) is 0.670. The minimum atomic E-state index is 0.0343. The van der Waals surface area contributed by atoms with Gasteiger partial charge in [0.2, 0.25) is 5.91 Å². The van der Waals surface area contributed by atoms with E-state index in [4.69, 9.17) is 9.72 Å². The Kier molecular flexibility index (Phi) is 5.24. The van der Waals surface area contributed by atoms with Gasteiger partial charge in [0, 0.05) is 44.0 Å². The summed E-state index contributed by atoms with van der Waals surface area (Å²) in [5.41, 5.74) is 2.44. The second-order valence-electron chi connectivity index (χ2n) is 6.59. The van der Waals surface area contributed by atoms with Gasteiger partial charge in [0.05, 0.1) is 19.0 Å². The molecule has 0 unspecified atom stereocenters. The highest BCUT2D eigenvalue weighted by molar-refractivity contribution is 5.86. The minimum absolute atomic E-state index is 0.0343. The number of amides is 1. The molecule has 148 valence electrons. The van der Waals surface area contributed by atoms with Crippen LogP contribution >= 0.6 is 0 Å². The third kappa shape index (κ3) is 3.82. The van der Waals surface area contributed by atoms with Crippen LogP contribution in [0.5, 0.6) is 5.75 Å². The molecule has 4 rings (SSSR count). The van der Waals surface area contributed by atoms with Gasteiger partial charge in [0.15, 0.2) is 5.82 Å². The Balaban J connectivity index is 1.61. The molecule has 1 aromatic carbocycles. The van der Waals surface area contributed by atoms with Crippen molar-refractivity contribution in [1.82, 2.24) is 29.6 Å². The number of hydrogen-bond donors (Lipinski definition) is 1. The molecule has 1 amide bonds. The van der Waals surface area contributed by atoms with Gasteiger partial charge in [-0.1, -0.05) is 18.2 Å². The number of para-hydroxylation sites is 1. The van der Waals surface area contributed by atoms with E-state index < -0.39 is 0 Å². The van der Waals surface area contributed by atoms with Crippen molar-refractivity contribution in [3.8, 4) is 23.0 Å². The van der Waals surface area contributed by atoms with E-state index in [-0.39, 0.29) is 5.91 Å². The van der Waals surface area contributed by atoms with Crippen molar-refractivity contribution in [2.24, 2.45) is 0 Å². The van der Waals surface area contributed by atoms with Crippen molar-refractivity contribution in [3.63, 3.8) is 0 Å². The number of benzene rings is 1. The zero-order valence-electron chi connectivity index (χ0n) is 16.4. The number of aromatic nitrogens is 5. The van der Waals surface area contributed by atoms with Crippen LogP contribution < -0.4 is 10.1 Å². The molecule has 0 spiro atoms. The van der Waals surface area contributed by atoms with Crippen LogP contribution in [0.1, 0.15) is 12.8 Å². The van der Waals surface area contributed by atoms with Crippen LogP contribution in [-0.4, -0.2) is 44.4 Å². The van der Waals surface area contributed by atoms with Gasteiger partial charge in [0.1, 0.15) is 17.0 Å². The quantitative estimate of drug-likeness (QED) is 0.524. The Morgan fingerprint density at radius 2 is 2.14 bits per heavy atom. The Bertz CT molecular complexity index is 1150. The molecule has 8 nitrogen and oxygen atoms in total. The number of carbonyl (C=O) groups is 1. The number of imidazole rings is 1. The molecule has 0 saturated carbocycles. The van der Waals surface area contributed by atoms with Crippen molar-refractivity contribution < 1.29 is 9.53 Å². The largest absolute Gasteiger partial charge is 0.494 e. The molecule has 8 heteroatoms. The summed E-state index contributed by atoms with van der Waals surface area (Å²) in [5, 5.41) is 8.04. The van der Waals surface area contributed by atoms with E-state index in [0.717, 1.165) is 40.3 Å². The van der Waals surface area contributed by atoms with Gasteiger partial charge in [0.25, 0.3) is 0 Å². The molecular weight excluding hydrogens is 368 g/mol. The highest BCUT2D eigenvalue weighted by atomic mass is 16.5. The summed E-state index contributed by atoms with van der Waals surface area (Å²) in [6.07, 6.45) is 8.56. The molecule has 0 fully saturated rings. The van der Waals surface area contributed by atoms with Gasteiger partial charge in [-0.2, -0.15) is 5.10 Å². The lowest BCUT2D eigenvalue weighted by Crippen LogP contribution is -2.17. The number of pyridine rings is 1. The molecule has 29 heavy (non-hydrogen) atoms. The predicted molar refractivity (Wildman–Crippen MR) is 110 cm³/mol. The van der Waals surface area contributed by atoms with Crippen LogP contribution in [-0.2, 0) is 11.3 Å². The first-order chi connectivity index (χ1) is 14.2. The topological polar surface area (TPSA) is 86.9 Å². The van der Waals surface area contributed by atoms with Crippen molar-refractivity contribution in [1.29, 1.82) is 0 Å². The molecule has 0 aliphatic heterocycles. The maximum absolute atomic E-state index is 11.4. The van der Waals surface area contributed by atoms with Crippen LogP contribution in [0.2, 0.25) is 0 Å². The fourth-order valence-electron chi connectivity index (χ4n) is 3.24. The van der Waals surface area contributed by atoms with E-state index in [1.54, 1.807) is 26.6 Å². The maximum Gasteiger partial charge on any atom is 0.219 e. The third-order valence-electron chi connectivity index (χ3n) is 4.74. The Labute approximate surface area is 168 Å². The van der Waals surface area contributed by atoms with Crippen molar-refractivity contribution in [2.75, 3.05) is 14.2 Å². The van der Waals surface area contributed by atoms with Gasteiger partial charge in [-0.15, -0.1) is 0 Å². The number of nitrogens with zero attached hydrogens (tertiary/aromatic N) is 5. The van der Waals surface area contributed by atoms with Crippen LogP contribution in [0.15, 0.2) is 55.1 Å². The first-order valence-corrected chi connectivity index (χ1v) is 9.40. The molecule has 3 heterocycles. The summed E-state index contributed by atoms with van der Waals surface area (Å²) in [4.78, 5) is 20.6. The van der Waals surface area contributed by atoms with E-state index in [1.807, 2.05) is 52.0 Å². The monoisotopic (exact) mass is 390 g/mol. The van der Waals surface area contributed by atoms with Gasteiger partial charge in [-0.05, 0) is 18.6 Å². The maximum atomic E-state index is 11.4. The van der Waals surface area contributed by atoms with E-state index >= 15 is 0 Å². The molecule has 0 bridgehead atoms. The molecule has 0 atom stereocenters. The van der Waals surface area contributed by atoms with E-state index in [9.17, 15) is 4.79 Å². The lowest BCUT2D eigenvalue weighted by Gasteiger charge is -2.08. The van der Waals surface area contributed by atoms with Crippen molar-refractivity contribution in [2.45, 2.75) is 19.4 Å². The zero-order chi connectivity index (χ0) is 20.2. The SMILES string of the molecule is CNC(=O)CCCn1cc(-n2ccnc2-c2ccc3cccc(OC)c3n2)cn1. The summed E-state index contributed by atoms with van der Waals surface area (Å²) < 4.78 is 9.23. The molecule has 0 aliphatic carbocycles. The average molecular weight is 390 g/mol. The fraction of sp³-hybridized carbons (Fsp3) is 0.238. The van der Waals surface area contributed by atoms with Crippen molar-refractivity contribution in [3.05, 3.63) is 55.1 Å². The van der Waals surface area contributed by atoms with E-state index in [2.05, 4.69) is 15.4 Å². The molecule has 1 N–H and O–H groups in total. The number of methoxy groups -OCH3 is 1. The van der Waals surface area contributed by atoms with Crippen LogP contribution in [0.3, 0.4) is 0 Å². The normalized spacial score (nSPS) is 11.0. The van der Waals surface area contributed by atoms with Gasteiger partial charge >= 0.3 is 0 Å². The second kappa shape index (κ2) is 8.14. The highest BCUT2D eigenvalue weighted by Crippen LogP contribution is 2.27. The lowest BCUT2D eigenvalue weighted by molar-refractivity contribution is -0.120. The van der Waals surface area contributed by atoms with E-state index in [1.165, 1.54) is 0 Å². The first kappa shape index (κ1) is 18.7. The van der Waals surface area contributed by atoms with Gasteiger partial charge < -0.3 is 10.1 Å². The molecule has 4 aromatic rings. The number of nitrogens with one attached hydrogen (secondary N) is 1. The fourth-order valence-corrected chi connectivity index (χ4v) is 3.24. The van der Waals surface area contributed by atoms with Crippen LogP contribution in [0.4, 0.5) is 0 Å².